The van der Waals surface area contributed by atoms with E-state index in [1.54, 1.807) is 11.3 Å². The van der Waals surface area contributed by atoms with Crippen molar-refractivity contribution in [2.24, 2.45) is 4.99 Å². The molecule has 0 aliphatic carbocycles. The predicted molar refractivity (Wildman–Crippen MR) is 84.1 cm³/mol. The Hall–Kier alpha value is -1.75. The van der Waals surface area contributed by atoms with E-state index in [-0.39, 0.29) is 0 Å². The normalized spacial score (nSPS) is 22.0. The fourth-order valence-electron chi connectivity index (χ4n) is 2.75. The average Bonchev–Trinajstić information content (AvgIpc) is 3.16. The number of nitrogens with zero attached hydrogens (tertiary/aromatic N) is 4. The van der Waals surface area contributed by atoms with Crippen LogP contribution in [0.1, 0.15) is 23.8 Å². The molecule has 2 aromatic heterocycles. The molecular formula is C15H16N4S. The number of thiazole rings is 1. The monoisotopic (exact) mass is 284 g/mol. The quantitative estimate of drug-likeness (QED) is 0.851. The number of aromatic nitrogens is 2. The molecule has 0 bridgehead atoms. The molecule has 0 spiro atoms. The van der Waals surface area contributed by atoms with Crippen molar-refractivity contribution in [2.75, 3.05) is 24.5 Å². The van der Waals surface area contributed by atoms with Gasteiger partial charge in [-0.3, -0.25) is 4.99 Å². The highest BCUT2D eigenvalue weighted by Gasteiger charge is 2.17. The number of allylic oxidation sites excluding steroid dienone is 1. The maximum atomic E-state index is 4.79. The Morgan fingerprint density at radius 1 is 1.15 bits per heavy atom. The molecule has 2 aliphatic rings. The van der Waals surface area contributed by atoms with Crippen molar-refractivity contribution in [3.63, 3.8) is 0 Å². The van der Waals surface area contributed by atoms with Crippen molar-refractivity contribution in [1.82, 2.24) is 9.97 Å². The summed E-state index contributed by atoms with van der Waals surface area (Å²) in [4.78, 5) is 17.2. The number of anilines is 1. The predicted octanol–water partition coefficient (Wildman–Crippen LogP) is 3.02. The van der Waals surface area contributed by atoms with Crippen LogP contribution in [0.3, 0.4) is 0 Å². The first-order chi connectivity index (χ1) is 9.90. The van der Waals surface area contributed by atoms with Gasteiger partial charge in [0.2, 0.25) is 0 Å². The molecule has 4 nitrogen and oxygen atoms in total. The van der Waals surface area contributed by atoms with Crippen molar-refractivity contribution in [3.05, 3.63) is 29.3 Å². The van der Waals surface area contributed by atoms with Crippen LogP contribution in [0.2, 0.25) is 0 Å². The summed E-state index contributed by atoms with van der Waals surface area (Å²) in [7, 11) is 0. The van der Waals surface area contributed by atoms with Gasteiger partial charge >= 0.3 is 0 Å². The molecule has 2 aromatic rings. The second-order valence-corrected chi connectivity index (χ2v) is 6.25. The number of pyridine rings is 1. The van der Waals surface area contributed by atoms with Crippen LogP contribution < -0.4 is 4.90 Å². The number of hydrogen-bond donors (Lipinski definition) is 0. The molecule has 1 unspecified atom stereocenters. The zero-order chi connectivity index (χ0) is 13.4. The smallest absolute Gasteiger partial charge is 0.145 e. The van der Waals surface area contributed by atoms with Gasteiger partial charge in [0.25, 0.3) is 0 Å². The van der Waals surface area contributed by atoms with Gasteiger partial charge < -0.3 is 4.90 Å². The van der Waals surface area contributed by atoms with E-state index < -0.39 is 0 Å². The molecule has 0 amide bonds. The van der Waals surface area contributed by atoms with Gasteiger partial charge in [-0.1, -0.05) is 17.4 Å². The summed E-state index contributed by atoms with van der Waals surface area (Å²) in [5, 5.41) is 1.12. The molecule has 0 radical (unpaired) electrons. The lowest BCUT2D eigenvalue weighted by atomic mass is 10.1. The first kappa shape index (κ1) is 12.0. The molecule has 20 heavy (non-hydrogen) atoms. The lowest BCUT2D eigenvalue weighted by Crippen LogP contribution is -2.18. The summed E-state index contributed by atoms with van der Waals surface area (Å²) in [5.41, 5.74) is 1.01. The van der Waals surface area contributed by atoms with E-state index >= 15 is 0 Å². The van der Waals surface area contributed by atoms with Crippen LogP contribution in [0.4, 0.5) is 5.82 Å². The second-order valence-electron chi connectivity index (χ2n) is 5.25. The van der Waals surface area contributed by atoms with Gasteiger partial charge in [-0.05, 0) is 31.1 Å². The highest BCUT2D eigenvalue weighted by Crippen LogP contribution is 2.30. The second kappa shape index (κ2) is 4.98. The van der Waals surface area contributed by atoms with Crippen LogP contribution in [-0.4, -0.2) is 35.8 Å². The molecule has 102 valence electrons. The number of hydrogen-bond acceptors (Lipinski definition) is 5. The number of aliphatic imine (C=N–C) groups is 1. The molecule has 2 aliphatic heterocycles. The molecule has 1 atom stereocenters. The first-order valence-corrected chi connectivity index (χ1v) is 7.91. The highest BCUT2D eigenvalue weighted by atomic mass is 32.1. The van der Waals surface area contributed by atoms with E-state index in [1.165, 1.54) is 12.8 Å². The van der Waals surface area contributed by atoms with E-state index in [2.05, 4.69) is 28.1 Å². The summed E-state index contributed by atoms with van der Waals surface area (Å²) >= 11 is 1.70. The summed E-state index contributed by atoms with van der Waals surface area (Å²) in [6.45, 7) is 3.06. The Bertz CT molecular complexity index is 682. The number of rotatable bonds is 2. The molecule has 0 N–H and O–H groups in total. The molecule has 1 saturated heterocycles. The largest absolute Gasteiger partial charge is 0.357 e. The van der Waals surface area contributed by atoms with Crippen LogP contribution in [0, 0.1) is 0 Å². The van der Waals surface area contributed by atoms with Gasteiger partial charge in [0.1, 0.15) is 21.2 Å². The lowest BCUT2D eigenvalue weighted by molar-refractivity contribution is 0.838. The lowest BCUT2D eigenvalue weighted by Gasteiger charge is -2.15. The maximum absolute atomic E-state index is 4.79. The molecule has 1 fully saturated rings. The van der Waals surface area contributed by atoms with Gasteiger partial charge in [-0.25, -0.2) is 9.97 Å². The maximum Gasteiger partial charge on any atom is 0.145 e. The SMILES string of the molecule is C1=CC(c2nc3ccc(N4CCCC4)nc3s2)CN=C1. The molecular weight excluding hydrogens is 268 g/mol. The number of dihydropyridines is 1. The van der Waals surface area contributed by atoms with Gasteiger partial charge in [-0.2, -0.15) is 0 Å². The highest BCUT2D eigenvalue weighted by molar-refractivity contribution is 7.18. The zero-order valence-corrected chi connectivity index (χ0v) is 12.0. The summed E-state index contributed by atoms with van der Waals surface area (Å²) in [6.07, 6.45) is 8.58. The Morgan fingerprint density at radius 2 is 2.05 bits per heavy atom. The van der Waals surface area contributed by atoms with Gasteiger partial charge in [-0.15, -0.1) is 0 Å². The van der Waals surface area contributed by atoms with E-state index in [9.17, 15) is 0 Å². The van der Waals surface area contributed by atoms with Crippen molar-refractivity contribution in [2.45, 2.75) is 18.8 Å². The van der Waals surface area contributed by atoms with E-state index in [4.69, 9.17) is 9.97 Å². The molecule has 4 heterocycles. The van der Waals surface area contributed by atoms with E-state index in [0.29, 0.717) is 5.92 Å². The van der Waals surface area contributed by atoms with Crippen LogP contribution in [-0.2, 0) is 0 Å². The third kappa shape index (κ3) is 2.12. The third-order valence-corrected chi connectivity index (χ3v) is 4.94. The van der Waals surface area contributed by atoms with Crippen LogP contribution >= 0.6 is 11.3 Å². The Kier molecular flexibility index (Phi) is 2.99. The Balaban J connectivity index is 1.68. The topological polar surface area (TPSA) is 41.4 Å². The first-order valence-electron chi connectivity index (χ1n) is 7.09. The summed E-state index contributed by atoms with van der Waals surface area (Å²) in [5.74, 6) is 1.41. The summed E-state index contributed by atoms with van der Waals surface area (Å²) < 4.78 is 0. The Labute approximate surface area is 121 Å². The minimum absolute atomic E-state index is 0.314. The Morgan fingerprint density at radius 3 is 2.85 bits per heavy atom. The third-order valence-electron chi connectivity index (χ3n) is 3.84. The fourth-order valence-corrected chi connectivity index (χ4v) is 3.75. The molecule has 4 rings (SSSR count). The van der Waals surface area contributed by atoms with Crippen molar-refractivity contribution >= 4 is 33.7 Å². The van der Waals surface area contributed by atoms with Crippen LogP contribution in [0.15, 0.2) is 29.3 Å². The minimum Gasteiger partial charge on any atom is -0.357 e. The van der Waals surface area contributed by atoms with Crippen molar-refractivity contribution < 1.29 is 0 Å². The summed E-state index contributed by atoms with van der Waals surface area (Å²) in [6, 6.07) is 4.21. The molecule has 0 aromatic carbocycles. The van der Waals surface area contributed by atoms with Gasteiger partial charge in [0, 0.05) is 25.2 Å². The van der Waals surface area contributed by atoms with Crippen LogP contribution in [0.25, 0.3) is 10.3 Å². The standard InChI is InChI=1S/C15H16N4S/c1-2-9-19(8-1)13-6-5-12-15(18-13)20-14(17-12)11-4-3-7-16-10-11/h3-7,11H,1-2,8-10H2. The minimum atomic E-state index is 0.314. The van der Waals surface area contributed by atoms with Gasteiger partial charge in [0.15, 0.2) is 0 Å². The van der Waals surface area contributed by atoms with E-state index in [1.807, 2.05) is 12.3 Å². The van der Waals surface area contributed by atoms with Crippen LogP contribution in [0.5, 0.6) is 0 Å². The van der Waals surface area contributed by atoms with Crippen molar-refractivity contribution in [3.8, 4) is 0 Å². The number of fused-ring (bicyclic) bond motifs is 1. The fraction of sp³-hybridized carbons (Fsp3) is 0.400. The average molecular weight is 284 g/mol. The van der Waals surface area contributed by atoms with Crippen molar-refractivity contribution in [1.29, 1.82) is 0 Å². The molecule has 5 heteroatoms. The zero-order valence-electron chi connectivity index (χ0n) is 11.2. The molecule has 0 saturated carbocycles. The van der Waals surface area contributed by atoms with E-state index in [0.717, 1.165) is 40.8 Å². The van der Waals surface area contributed by atoms with Gasteiger partial charge in [0.05, 0.1) is 6.54 Å².